The average Bonchev–Trinajstić information content (AvgIpc) is 2.94. The van der Waals surface area contributed by atoms with E-state index in [1.807, 2.05) is 38.1 Å². The van der Waals surface area contributed by atoms with Crippen molar-refractivity contribution in [2.45, 2.75) is 51.6 Å². The number of benzene rings is 3. The normalized spacial score (nSPS) is 11.9. The lowest BCUT2D eigenvalue weighted by Gasteiger charge is -2.32. The Kier molecular flexibility index (Phi) is 11.0. The van der Waals surface area contributed by atoms with Crippen LogP contribution in [0.1, 0.15) is 38.3 Å². The zero-order valence-corrected chi connectivity index (χ0v) is 24.8. The number of rotatable bonds is 13. The van der Waals surface area contributed by atoms with Gasteiger partial charge in [0.1, 0.15) is 18.3 Å². The molecule has 10 heteroatoms. The Bertz CT molecular complexity index is 1410. The Morgan fingerprint density at radius 1 is 0.975 bits per heavy atom. The molecule has 3 aromatic rings. The van der Waals surface area contributed by atoms with Crippen LogP contribution in [-0.4, -0.2) is 50.9 Å². The van der Waals surface area contributed by atoms with Crippen LogP contribution in [-0.2, 0) is 26.2 Å². The Labute approximate surface area is 241 Å². The predicted molar refractivity (Wildman–Crippen MR) is 158 cm³/mol. The molecule has 3 rings (SSSR count). The monoisotopic (exact) mass is 585 g/mol. The van der Waals surface area contributed by atoms with Crippen molar-refractivity contribution in [3.05, 3.63) is 88.9 Å². The summed E-state index contributed by atoms with van der Waals surface area (Å²) >= 11 is 6.01. The minimum absolute atomic E-state index is 0.0322. The van der Waals surface area contributed by atoms with Gasteiger partial charge in [0, 0.05) is 18.1 Å². The number of hydrogen-bond acceptors (Lipinski definition) is 5. The molecule has 0 spiro atoms. The van der Waals surface area contributed by atoms with E-state index in [9.17, 15) is 18.0 Å². The topological polar surface area (TPSA) is 96.0 Å². The molecular formula is C30H36ClN3O5S. The van der Waals surface area contributed by atoms with E-state index in [0.717, 1.165) is 21.9 Å². The van der Waals surface area contributed by atoms with E-state index in [1.165, 1.54) is 29.2 Å². The Morgan fingerprint density at radius 3 is 2.27 bits per heavy atom. The second-order valence-electron chi connectivity index (χ2n) is 9.28. The number of sulfonamides is 1. The first-order valence-electron chi connectivity index (χ1n) is 13.2. The van der Waals surface area contributed by atoms with Crippen LogP contribution >= 0.6 is 11.6 Å². The maximum atomic E-state index is 14.0. The summed E-state index contributed by atoms with van der Waals surface area (Å²) in [7, 11) is -4.23. The van der Waals surface area contributed by atoms with Crippen LogP contribution in [0.25, 0.3) is 0 Å². The summed E-state index contributed by atoms with van der Waals surface area (Å²) in [6, 6.07) is 19.1. The number of nitrogens with one attached hydrogen (secondary N) is 1. The Balaban J connectivity index is 2.08. The zero-order valence-electron chi connectivity index (χ0n) is 23.3. The van der Waals surface area contributed by atoms with Crippen LogP contribution in [0.5, 0.6) is 5.75 Å². The largest absolute Gasteiger partial charge is 0.492 e. The van der Waals surface area contributed by atoms with Gasteiger partial charge < -0.3 is 15.0 Å². The van der Waals surface area contributed by atoms with E-state index in [2.05, 4.69) is 5.32 Å². The summed E-state index contributed by atoms with van der Waals surface area (Å²) in [5, 5.41) is 3.22. The fourth-order valence-corrected chi connectivity index (χ4v) is 5.69. The highest BCUT2D eigenvalue weighted by Crippen LogP contribution is 2.33. The number of amides is 2. The number of aryl methyl sites for hydroxylation is 1. The number of carbonyl (C=O) groups is 2. The number of nitrogens with zero attached hydrogens (tertiary/aromatic N) is 2. The highest BCUT2D eigenvalue weighted by molar-refractivity contribution is 7.92. The third-order valence-electron chi connectivity index (χ3n) is 6.43. The zero-order chi connectivity index (χ0) is 29.3. The molecule has 0 aliphatic rings. The number of halogens is 1. The molecule has 214 valence electrons. The van der Waals surface area contributed by atoms with Crippen molar-refractivity contribution in [2.24, 2.45) is 0 Å². The quantitative estimate of drug-likeness (QED) is 0.298. The van der Waals surface area contributed by atoms with Crippen LogP contribution in [0.4, 0.5) is 5.69 Å². The smallest absolute Gasteiger partial charge is 0.264 e. The van der Waals surface area contributed by atoms with Gasteiger partial charge in [-0.2, -0.15) is 0 Å². The van der Waals surface area contributed by atoms with Crippen LogP contribution in [0, 0.1) is 6.92 Å². The maximum absolute atomic E-state index is 14.0. The fourth-order valence-electron chi connectivity index (χ4n) is 4.14. The number of hydrogen-bond donors (Lipinski definition) is 1. The predicted octanol–water partition coefficient (Wildman–Crippen LogP) is 5.19. The highest BCUT2D eigenvalue weighted by Gasteiger charge is 2.33. The summed E-state index contributed by atoms with van der Waals surface area (Å²) in [6.45, 7) is 7.66. The molecule has 0 aliphatic carbocycles. The maximum Gasteiger partial charge on any atom is 0.264 e. The van der Waals surface area contributed by atoms with Crippen molar-refractivity contribution in [1.82, 2.24) is 10.2 Å². The van der Waals surface area contributed by atoms with Gasteiger partial charge in [0.25, 0.3) is 10.0 Å². The van der Waals surface area contributed by atoms with Crippen LogP contribution in [0.3, 0.4) is 0 Å². The van der Waals surface area contributed by atoms with Crippen molar-refractivity contribution < 1.29 is 22.7 Å². The van der Waals surface area contributed by atoms with Gasteiger partial charge in [0.15, 0.2) is 0 Å². The van der Waals surface area contributed by atoms with Crippen molar-refractivity contribution in [3.8, 4) is 5.75 Å². The summed E-state index contributed by atoms with van der Waals surface area (Å²) in [5.41, 5.74) is 2.02. The molecule has 8 nitrogen and oxygen atoms in total. The summed E-state index contributed by atoms with van der Waals surface area (Å²) in [6.07, 6.45) is 0.742. The SMILES string of the molecule is CCCNC(=O)[C@@H](C)N(Cc1ccccc1C)C(=O)CN(c1ccccc1OCC)S(=O)(=O)c1ccc(Cl)cc1. The van der Waals surface area contributed by atoms with Gasteiger partial charge in [0.05, 0.1) is 17.2 Å². The number of ether oxygens (including phenoxy) is 1. The first-order chi connectivity index (χ1) is 19.1. The van der Waals surface area contributed by atoms with E-state index >= 15 is 0 Å². The number of carbonyl (C=O) groups excluding carboxylic acids is 2. The van der Waals surface area contributed by atoms with Crippen molar-refractivity contribution in [2.75, 3.05) is 24.0 Å². The van der Waals surface area contributed by atoms with E-state index in [1.54, 1.807) is 38.1 Å². The molecular weight excluding hydrogens is 550 g/mol. The minimum atomic E-state index is -4.23. The molecule has 1 atom stereocenters. The second-order valence-corrected chi connectivity index (χ2v) is 11.6. The molecule has 0 unspecified atom stereocenters. The molecule has 40 heavy (non-hydrogen) atoms. The van der Waals surface area contributed by atoms with Crippen LogP contribution in [0.15, 0.2) is 77.7 Å². The molecule has 3 aromatic carbocycles. The van der Waals surface area contributed by atoms with Gasteiger partial charge in [-0.25, -0.2) is 8.42 Å². The molecule has 0 fully saturated rings. The minimum Gasteiger partial charge on any atom is -0.492 e. The molecule has 0 aromatic heterocycles. The molecule has 1 N–H and O–H groups in total. The van der Waals surface area contributed by atoms with E-state index < -0.39 is 28.5 Å². The first kappa shape index (κ1) is 31.0. The summed E-state index contributed by atoms with van der Waals surface area (Å²) in [5.74, 6) is -0.536. The van der Waals surface area contributed by atoms with Gasteiger partial charge in [-0.15, -0.1) is 0 Å². The third kappa shape index (κ3) is 7.55. The molecule has 0 saturated carbocycles. The van der Waals surface area contributed by atoms with Crippen molar-refractivity contribution in [1.29, 1.82) is 0 Å². The lowest BCUT2D eigenvalue weighted by molar-refractivity contribution is -0.139. The standard InChI is InChI=1S/C30H36ClN3O5S/c1-5-19-32-30(36)23(4)33(20-24-12-8-7-11-22(24)3)29(35)21-34(27-13-9-10-14-28(27)39-6-2)40(37,38)26-17-15-25(31)16-18-26/h7-18,23H,5-6,19-21H2,1-4H3,(H,32,36)/t23-/m1/s1. The lowest BCUT2D eigenvalue weighted by Crippen LogP contribution is -2.51. The second kappa shape index (κ2) is 14.2. The molecule has 0 aliphatic heterocycles. The van der Waals surface area contributed by atoms with Crippen molar-refractivity contribution >= 4 is 39.1 Å². The van der Waals surface area contributed by atoms with Crippen LogP contribution in [0.2, 0.25) is 5.02 Å². The van der Waals surface area contributed by atoms with Gasteiger partial charge in [-0.3, -0.25) is 13.9 Å². The van der Waals surface area contributed by atoms with E-state index in [-0.39, 0.29) is 23.0 Å². The number of anilines is 1. The van der Waals surface area contributed by atoms with Gasteiger partial charge in [-0.1, -0.05) is 54.9 Å². The Morgan fingerprint density at radius 2 is 1.62 bits per heavy atom. The van der Waals surface area contributed by atoms with Crippen LogP contribution < -0.4 is 14.4 Å². The third-order valence-corrected chi connectivity index (χ3v) is 8.46. The number of para-hydroxylation sites is 2. The molecule has 0 bridgehead atoms. The van der Waals surface area contributed by atoms with Gasteiger partial charge in [0.2, 0.25) is 11.8 Å². The highest BCUT2D eigenvalue weighted by atomic mass is 35.5. The van der Waals surface area contributed by atoms with Gasteiger partial charge in [-0.05, 0) is 74.7 Å². The Hall–Kier alpha value is -3.56. The lowest BCUT2D eigenvalue weighted by atomic mass is 10.1. The first-order valence-corrected chi connectivity index (χ1v) is 15.0. The van der Waals surface area contributed by atoms with Gasteiger partial charge >= 0.3 is 0 Å². The molecule has 0 saturated heterocycles. The molecule has 2 amide bonds. The summed E-state index contributed by atoms with van der Waals surface area (Å²) < 4.78 is 34.8. The average molecular weight is 586 g/mol. The molecule has 0 heterocycles. The van der Waals surface area contributed by atoms with Crippen molar-refractivity contribution in [3.63, 3.8) is 0 Å². The van der Waals surface area contributed by atoms with E-state index in [0.29, 0.717) is 23.9 Å². The fraction of sp³-hybridized carbons (Fsp3) is 0.333. The molecule has 0 radical (unpaired) electrons. The van der Waals surface area contributed by atoms with E-state index in [4.69, 9.17) is 16.3 Å². The summed E-state index contributed by atoms with van der Waals surface area (Å²) in [4.78, 5) is 28.4.